The van der Waals surface area contributed by atoms with Gasteiger partial charge in [0.05, 0.1) is 0 Å². The zero-order chi connectivity index (χ0) is 11.5. The zero-order valence-electron chi connectivity index (χ0n) is 8.57. The highest BCUT2D eigenvalue weighted by Gasteiger charge is 2.04. The number of nitrogens with zero attached hydrogens (tertiary/aromatic N) is 2. The first-order valence-corrected chi connectivity index (χ1v) is 5.46. The van der Waals surface area contributed by atoms with E-state index in [2.05, 4.69) is 31.4 Å². The second kappa shape index (κ2) is 4.52. The fourth-order valence-corrected chi connectivity index (χ4v) is 1.62. The Morgan fingerprint density at radius 2 is 2.25 bits per heavy atom. The molecule has 84 valence electrons. The van der Waals surface area contributed by atoms with E-state index in [1.54, 1.807) is 25.1 Å². The second-order valence-electron chi connectivity index (χ2n) is 3.26. The third-order valence-electron chi connectivity index (χ3n) is 1.99. The lowest BCUT2D eigenvalue weighted by Gasteiger charge is -2.05. The first-order chi connectivity index (χ1) is 7.65. The monoisotopic (exact) mass is 283 g/mol. The Hall–Kier alpha value is -1.56. The van der Waals surface area contributed by atoms with Gasteiger partial charge in [0.25, 0.3) is 0 Å². The van der Waals surface area contributed by atoms with E-state index in [4.69, 9.17) is 4.42 Å². The van der Waals surface area contributed by atoms with Gasteiger partial charge in [-0.05, 0) is 23.8 Å². The molecule has 0 amide bonds. The summed E-state index contributed by atoms with van der Waals surface area (Å²) in [6.45, 7) is 2.22. The summed E-state index contributed by atoms with van der Waals surface area (Å²) >= 11 is 3.39. The van der Waals surface area contributed by atoms with Crippen LogP contribution in [0.25, 0.3) is 0 Å². The van der Waals surface area contributed by atoms with Crippen LogP contribution >= 0.6 is 15.9 Å². The van der Waals surface area contributed by atoms with Gasteiger partial charge in [-0.3, -0.25) is 0 Å². The summed E-state index contributed by atoms with van der Waals surface area (Å²) in [6.07, 6.45) is 0. The molecule has 0 saturated heterocycles. The molecule has 1 aromatic heterocycles. The van der Waals surface area contributed by atoms with Crippen molar-refractivity contribution >= 4 is 21.9 Å². The van der Waals surface area contributed by atoms with Gasteiger partial charge in [0, 0.05) is 17.9 Å². The number of aromatic hydroxyl groups is 1. The minimum absolute atomic E-state index is 0.224. The second-order valence-corrected chi connectivity index (χ2v) is 4.11. The number of rotatable bonds is 3. The summed E-state index contributed by atoms with van der Waals surface area (Å²) in [4.78, 5) is 0. The highest BCUT2D eigenvalue weighted by molar-refractivity contribution is 9.10. The molecule has 0 bridgehead atoms. The molecular formula is C10H10BrN3O2. The molecule has 1 heterocycles. The first kappa shape index (κ1) is 10.9. The SMILES string of the molecule is Cc1nnc(NCc2cc(O)ccc2Br)o1. The number of aromatic nitrogens is 2. The van der Waals surface area contributed by atoms with Crippen molar-refractivity contribution in [2.45, 2.75) is 13.5 Å². The van der Waals surface area contributed by atoms with Gasteiger partial charge in [-0.2, -0.15) is 0 Å². The summed E-state index contributed by atoms with van der Waals surface area (Å²) in [6, 6.07) is 5.43. The van der Waals surface area contributed by atoms with Crippen molar-refractivity contribution in [3.05, 3.63) is 34.1 Å². The number of phenolic OH excluding ortho intramolecular Hbond substituents is 1. The summed E-state index contributed by atoms with van der Waals surface area (Å²) < 4.78 is 6.08. The lowest BCUT2D eigenvalue weighted by Crippen LogP contribution is -2.00. The molecule has 6 heteroatoms. The van der Waals surface area contributed by atoms with Gasteiger partial charge < -0.3 is 14.8 Å². The summed E-state index contributed by atoms with van der Waals surface area (Å²) in [5.74, 6) is 0.735. The number of anilines is 1. The minimum Gasteiger partial charge on any atom is -0.508 e. The molecule has 16 heavy (non-hydrogen) atoms. The average molecular weight is 284 g/mol. The molecule has 0 saturated carbocycles. The Morgan fingerprint density at radius 1 is 1.44 bits per heavy atom. The van der Waals surface area contributed by atoms with Crippen LogP contribution in [0.4, 0.5) is 6.01 Å². The van der Waals surface area contributed by atoms with Crippen LogP contribution in [0.5, 0.6) is 5.75 Å². The molecule has 0 atom stereocenters. The first-order valence-electron chi connectivity index (χ1n) is 4.66. The summed E-state index contributed by atoms with van der Waals surface area (Å²) in [5, 5.41) is 19.8. The van der Waals surface area contributed by atoms with Crippen LogP contribution in [-0.4, -0.2) is 15.3 Å². The van der Waals surface area contributed by atoms with Crippen LogP contribution in [0.3, 0.4) is 0 Å². The van der Waals surface area contributed by atoms with Crippen molar-refractivity contribution in [2.24, 2.45) is 0 Å². The number of halogens is 1. The van der Waals surface area contributed by atoms with Gasteiger partial charge >= 0.3 is 6.01 Å². The van der Waals surface area contributed by atoms with E-state index in [-0.39, 0.29) is 5.75 Å². The molecule has 0 radical (unpaired) electrons. The maximum atomic E-state index is 9.34. The van der Waals surface area contributed by atoms with E-state index in [1.165, 1.54) is 0 Å². The number of hydrogen-bond donors (Lipinski definition) is 2. The average Bonchev–Trinajstić information content (AvgIpc) is 2.66. The quantitative estimate of drug-likeness (QED) is 0.905. The number of aryl methyl sites for hydroxylation is 1. The Balaban J connectivity index is 2.07. The number of hydrogen-bond acceptors (Lipinski definition) is 5. The highest BCUT2D eigenvalue weighted by Crippen LogP contribution is 2.22. The van der Waals surface area contributed by atoms with Crippen molar-refractivity contribution in [1.82, 2.24) is 10.2 Å². The van der Waals surface area contributed by atoms with E-state index in [1.807, 2.05) is 0 Å². The molecule has 2 N–H and O–H groups in total. The largest absolute Gasteiger partial charge is 0.508 e. The van der Waals surface area contributed by atoms with Gasteiger partial charge in [0.1, 0.15) is 5.75 Å². The molecule has 0 aliphatic heterocycles. The van der Waals surface area contributed by atoms with E-state index < -0.39 is 0 Å². The van der Waals surface area contributed by atoms with Crippen molar-refractivity contribution in [2.75, 3.05) is 5.32 Å². The standard InChI is InChI=1S/C10H10BrN3O2/c1-6-13-14-10(16-6)12-5-7-4-8(15)2-3-9(7)11/h2-4,15H,5H2,1H3,(H,12,14). The van der Waals surface area contributed by atoms with E-state index in [9.17, 15) is 5.11 Å². The third-order valence-corrected chi connectivity index (χ3v) is 2.76. The Bertz CT molecular complexity index is 499. The van der Waals surface area contributed by atoms with Crippen molar-refractivity contribution < 1.29 is 9.52 Å². The molecule has 0 unspecified atom stereocenters. The summed E-state index contributed by atoms with van der Waals surface area (Å²) in [7, 11) is 0. The molecular weight excluding hydrogens is 274 g/mol. The fraction of sp³-hybridized carbons (Fsp3) is 0.200. The zero-order valence-corrected chi connectivity index (χ0v) is 10.2. The lowest BCUT2D eigenvalue weighted by molar-refractivity contribution is 0.474. The molecule has 1 aromatic carbocycles. The molecule has 2 aromatic rings. The van der Waals surface area contributed by atoms with Crippen LogP contribution < -0.4 is 5.32 Å². The summed E-state index contributed by atoms with van der Waals surface area (Å²) in [5.41, 5.74) is 0.913. The molecule has 5 nitrogen and oxygen atoms in total. The van der Waals surface area contributed by atoms with Crippen molar-refractivity contribution in [1.29, 1.82) is 0 Å². The Morgan fingerprint density at radius 3 is 2.94 bits per heavy atom. The van der Waals surface area contributed by atoms with Crippen LogP contribution in [0.2, 0.25) is 0 Å². The van der Waals surface area contributed by atoms with Gasteiger partial charge in [0.2, 0.25) is 5.89 Å². The molecule has 2 rings (SSSR count). The Labute approximate surface area is 101 Å². The molecule has 0 aliphatic carbocycles. The Kier molecular flexibility index (Phi) is 3.09. The number of benzene rings is 1. The van der Waals surface area contributed by atoms with Crippen molar-refractivity contribution in [3.63, 3.8) is 0 Å². The van der Waals surface area contributed by atoms with Crippen LogP contribution in [0, 0.1) is 6.92 Å². The fourth-order valence-electron chi connectivity index (χ4n) is 1.24. The molecule has 0 aliphatic rings. The van der Waals surface area contributed by atoms with Crippen LogP contribution in [0.15, 0.2) is 27.1 Å². The maximum Gasteiger partial charge on any atom is 0.315 e. The van der Waals surface area contributed by atoms with Gasteiger partial charge in [-0.1, -0.05) is 21.0 Å². The highest BCUT2D eigenvalue weighted by atomic mass is 79.9. The lowest BCUT2D eigenvalue weighted by atomic mass is 10.2. The topological polar surface area (TPSA) is 71.2 Å². The van der Waals surface area contributed by atoms with Gasteiger partial charge in [-0.25, -0.2) is 0 Å². The predicted molar refractivity (Wildman–Crippen MR) is 62.2 cm³/mol. The van der Waals surface area contributed by atoms with E-state index >= 15 is 0 Å². The van der Waals surface area contributed by atoms with Crippen molar-refractivity contribution in [3.8, 4) is 5.75 Å². The molecule has 0 spiro atoms. The predicted octanol–water partition coefficient (Wildman–Crippen LogP) is 2.46. The van der Waals surface area contributed by atoms with Gasteiger partial charge in [0.15, 0.2) is 0 Å². The number of phenols is 1. The smallest absolute Gasteiger partial charge is 0.315 e. The van der Waals surface area contributed by atoms with Crippen LogP contribution in [0.1, 0.15) is 11.5 Å². The third kappa shape index (κ3) is 2.52. The van der Waals surface area contributed by atoms with Crippen LogP contribution in [-0.2, 0) is 6.54 Å². The maximum absolute atomic E-state index is 9.34. The molecule has 0 fully saturated rings. The van der Waals surface area contributed by atoms with E-state index in [0.717, 1.165) is 10.0 Å². The van der Waals surface area contributed by atoms with E-state index in [0.29, 0.717) is 18.5 Å². The normalized spacial score (nSPS) is 10.4. The van der Waals surface area contributed by atoms with Gasteiger partial charge in [-0.15, -0.1) is 5.10 Å². The minimum atomic E-state index is 0.224. The number of nitrogens with one attached hydrogen (secondary N) is 1.